The second kappa shape index (κ2) is 9.65. The monoisotopic (exact) mass is 425 g/mol. The number of thiazole rings is 1. The molecule has 1 aliphatic rings. The molecule has 4 rings (SSSR count). The summed E-state index contributed by atoms with van der Waals surface area (Å²) in [5.41, 5.74) is 3.28. The van der Waals surface area contributed by atoms with Crippen molar-refractivity contribution in [1.82, 2.24) is 15.2 Å². The summed E-state index contributed by atoms with van der Waals surface area (Å²) in [6.07, 6.45) is 3.86. The third-order valence-electron chi connectivity index (χ3n) is 5.45. The van der Waals surface area contributed by atoms with Crippen LogP contribution in [0, 0.1) is 0 Å². The molecule has 1 saturated heterocycles. The average Bonchev–Trinajstić information content (AvgIpc) is 3.51. The maximum atomic E-state index is 12.6. The molecule has 0 aliphatic carbocycles. The maximum Gasteiger partial charge on any atom is 0.226 e. The van der Waals surface area contributed by atoms with Crippen molar-refractivity contribution in [3.63, 3.8) is 0 Å². The van der Waals surface area contributed by atoms with Gasteiger partial charge in [0.15, 0.2) is 0 Å². The second-order valence-electron chi connectivity index (χ2n) is 7.45. The van der Waals surface area contributed by atoms with Crippen molar-refractivity contribution < 1.29 is 4.79 Å². The van der Waals surface area contributed by atoms with E-state index in [0.717, 1.165) is 35.8 Å². The number of likely N-dealkylation sites (tertiary alicyclic amines) is 1. The maximum absolute atomic E-state index is 12.6. The molecule has 1 fully saturated rings. The van der Waals surface area contributed by atoms with Gasteiger partial charge in [-0.2, -0.15) is 0 Å². The third kappa shape index (κ3) is 5.13. The topological polar surface area (TPSA) is 45.2 Å². The SMILES string of the molecule is CCc1ccc(-c2nc(CC(=O)NCC(c3cccs3)N3CCCC3)cs2)cc1. The van der Waals surface area contributed by atoms with Crippen LogP contribution in [0.3, 0.4) is 0 Å². The molecule has 1 amide bonds. The Balaban J connectivity index is 1.35. The number of hydrogen-bond donors (Lipinski definition) is 1. The van der Waals surface area contributed by atoms with Gasteiger partial charge in [-0.05, 0) is 49.4 Å². The van der Waals surface area contributed by atoms with E-state index in [1.165, 1.54) is 23.3 Å². The van der Waals surface area contributed by atoms with Gasteiger partial charge in [-0.3, -0.25) is 9.69 Å². The lowest BCUT2D eigenvalue weighted by atomic mass is 10.1. The molecule has 3 heterocycles. The Morgan fingerprint density at radius 3 is 2.66 bits per heavy atom. The van der Waals surface area contributed by atoms with Gasteiger partial charge in [0, 0.05) is 22.4 Å². The van der Waals surface area contributed by atoms with Gasteiger partial charge < -0.3 is 5.32 Å². The number of carbonyl (C=O) groups is 1. The molecule has 0 spiro atoms. The third-order valence-corrected chi connectivity index (χ3v) is 7.36. The van der Waals surface area contributed by atoms with Crippen molar-refractivity contribution in [3.05, 3.63) is 63.3 Å². The summed E-state index contributed by atoms with van der Waals surface area (Å²) >= 11 is 3.38. The number of thiophene rings is 1. The van der Waals surface area contributed by atoms with Gasteiger partial charge in [0.1, 0.15) is 5.01 Å². The highest BCUT2D eigenvalue weighted by molar-refractivity contribution is 7.13. The summed E-state index contributed by atoms with van der Waals surface area (Å²) in [6, 6.07) is 13.1. The van der Waals surface area contributed by atoms with Crippen molar-refractivity contribution in [2.24, 2.45) is 0 Å². The molecule has 2 aromatic heterocycles. The lowest BCUT2D eigenvalue weighted by molar-refractivity contribution is -0.120. The Hall–Kier alpha value is -2.02. The minimum absolute atomic E-state index is 0.0453. The lowest BCUT2D eigenvalue weighted by Gasteiger charge is -2.26. The van der Waals surface area contributed by atoms with E-state index in [0.29, 0.717) is 13.0 Å². The highest BCUT2D eigenvalue weighted by Gasteiger charge is 2.24. The van der Waals surface area contributed by atoms with E-state index in [1.54, 1.807) is 22.7 Å². The minimum Gasteiger partial charge on any atom is -0.354 e. The Bertz CT molecular complexity index is 912. The largest absolute Gasteiger partial charge is 0.354 e. The van der Waals surface area contributed by atoms with Gasteiger partial charge in [-0.25, -0.2) is 4.98 Å². The number of nitrogens with zero attached hydrogens (tertiary/aromatic N) is 2. The summed E-state index contributed by atoms with van der Waals surface area (Å²) in [6.45, 7) is 5.05. The summed E-state index contributed by atoms with van der Waals surface area (Å²) < 4.78 is 0. The van der Waals surface area contributed by atoms with E-state index in [9.17, 15) is 4.79 Å². The summed E-state index contributed by atoms with van der Waals surface area (Å²) in [5, 5.41) is 8.24. The number of carbonyl (C=O) groups excluding carboxylic acids is 1. The summed E-state index contributed by atoms with van der Waals surface area (Å²) in [4.78, 5) is 21.1. The van der Waals surface area contributed by atoms with E-state index in [2.05, 4.69) is 63.9 Å². The van der Waals surface area contributed by atoms with Crippen LogP contribution in [0.25, 0.3) is 10.6 Å². The van der Waals surface area contributed by atoms with Crippen LogP contribution in [0.15, 0.2) is 47.2 Å². The molecule has 0 saturated carbocycles. The first kappa shape index (κ1) is 20.3. The summed E-state index contributed by atoms with van der Waals surface area (Å²) in [7, 11) is 0. The van der Waals surface area contributed by atoms with Crippen molar-refractivity contribution in [3.8, 4) is 10.6 Å². The van der Waals surface area contributed by atoms with Crippen LogP contribution in [0.1, 0.15) is 41.9 Å². The van der Waals surface area contributed by atoms with Gasteiger partial charge in [-0.15, -0.1) is 22.7 Å². The number of aromatic nitrogens is 1. The van der Waals surface area contributed by atoms with Crippen molar-refractivity contribution >= 4 is 28.6 Å². The molecule has 152 valence electrons. The number of amides is 1. The molecule has 1 N–H and O–H groups in total. The van der Waals surface area contributed by atoms with Gasteiger partial charge in [-0.1, -0.05) is 37.3 Å². The lowest BCUT2D eigenvalue weighted by Crippen LogP contribution is -2.37. The Morgan fingerprint density at radius 1 is 1.17 bits per heavy atom. The number of hydrogen-bond acceptors (Lipinski definition) is 5. The molecule has 1 aliphatic heterocycles. The summed E-state index contributed by atoms with van der Waals surface area (Å²) in [5.74, 6) is 0.0453. The normalized spacial score (nSPS) is 15.5. The van der Waals surface area contributed by atoms with Gasteiger partial charge in [0.2, 0.25) is 5.91 Å². The molecule has 3 aromatic rings. The molecule has 1 unspecified atom stereocenters. The molecular formula is C23H27N3OS2. The predicted octanol–water partition coefficient (Wildman–Crippen LogP) is 4.93. The van der Waals surface area contributed by atoms with Crippen molar-refractivity contribution in [2.45, 2.75) is 38.6 Å². The van der Waals surface area contributed by atoms with E-state index >= 15 is 0 Å². The number of rotatable bonds is 8. The van der Waals surface area contributed by atoms with E-state index in [4.69, 9.17) is 0 Å². The average molecular weight is 426 g/mol. The first-order valence-corrected chi connectivity index (χ1v) is 12.1. The van der Waals surface area contributed by atoms with Crippen LogP contribution in [-0.4, -0.2) is 35.4 Å². The van der Waals surface area contributed by atoms with Crippen LogP contribution < -0.4 is 5.32 Å². The van der Waals surface area contributed by atoms with E-state index in [-0.39, 0.29) is 11.9 Å². The van der Waals surface area contributed by atoms with Crippen molar-refractivity contribution in [1.29, 1.82) is 0 Å². The zero-order valence-electron chi connectivity index (χ0n) is 16.8. The van der Waals surface area contributed by atoms with Crippen LogP contribution >= 0.6 is 22.7 Å². The van der Waals surface area contributed by atoms with Crippen LogP contribution in [0.4, 0.5) is 0 Å². The first-order chi connectivity index (χ1) is 14.2. The smallest absolute Gasteiger partial charge is 0.226 e. The molecule has 1 atom stereocenters. The molecule has 0 radical (unpaired) electrons. The van der Waals surface area contributed by atoms with Crippen molar-refractivity contribution in [2.75, 3.05) is 19.6 Å². The Morgan fingerprint density at radius 2 is 1.97 bits per heavy atom. The Kier molecular flexibility index (Phi) is 6.74. The number of aryl methyl sites for hydroxylation is 1. The zero-order chi connectivity index (χ0) is 20.1. The van der Waals surface area contributed by atoms with Crippen LogP contribution in [0.2, 0.25) is 0 Å². The molecule has 6 heteroatoms. The Labute approximate surface area is 180 Å². The highest BCUT2D eigenvalue weighted by atomic mass is 32.1. The second-order valence-corrected chi connectivity index (χ2v) is 9.29. The highest BCUT2D eigenvalue weighted by Crippen LogP contribution is 2.28. The van der Waals surface area contributed by atoms with Gasteiger partial charge >= 0.3 is 0 Å². The molecule has 29 heavy (non-hydrogen) atoms. The van der Waals surface area contributed by atoms with Crippen LogP contribution in [-0.2, 0) is 17.6 Å². The fourth-order valence-corrected chi connectivity index (χ4v) is 5.47. The quantitative estimate of drug-likeness (QED) is 0.557. The zero-order valence-corrected chi connectivity index (χ0v) is 18.4. The van der Waals surface area contributed by atoms with Gasteiger partial charge in [0.05, 0.1) is 18.2 Å². The predicted molar refractivity (Wildman–Crippen MR) is 122 cm³/mol. The standard InChI is InChI=1S/C23H27N3OS2/c1-2-17-7-9-18(10-8-17)23-25-19(16-29-23)14-22(27)24-15-20(21-6-5-13-28-21)26-11-3-4-12-26/h5-10,13,16,20H,2-4,11-12,14-15H2,1H3,(H,24,27). The minimum atomic E-state index is 0.0453. The molecule has 4 nitrogen and oxygen atoms in total. The molecule has 1 aromatic carbocycles. The molecule has 0 bridgehead atoms. The fraction of sp³-hybridized carbons (Fsp3) is 0.391. The van der Waals surface area contributed by atoms with E-state index in [1.807, 2.05) is 5.38 Å². The van der Waals surface area contributed by atoms with Crippen LogP contribution in [0.5, 0.6) is 0 Å². The van der Waals surface area contributed by atoms with E-state index < -0.39 is 0 Å². The molecular weight excluding hydrogens is 398 g/mol. The number of nitrogens with one attached hydrogen (secondary N) is 1. The fourth-order valence-electron chi connectivity index (χ4n) is 3.79. The first-order valence-electron chi connectivity index (χ1n) is 10.3. The number of benzene rings is 1. The van der Waals surface area contributed by atoms with Gasteiger partial charge in [0.25, 0.3) is 0 Å².